The molecule has 12 heteroatoms. The predicted molar refractivity (Wildman–Crippen MR) is 178 cm³/mol. The molecule has 2 aromatic heterocycles. The van der Waals surface area contributed by atoms with E-state index < -0.39 is 25.9 Å². The molecule has 6 rings (SSSR count). The van der Waals surface area contributed by atoms with Crippen molar-refractivity contribution >= 4 is 19.4 Å². The maximum atomic E-state index is 14.4. The van der Waals surface area contributed by atoms with Crippen molar-refractivity contribution in [2.75, 3.05) is 0 Å². The summed E-state index contributed by atoms with van der Waals surface area (Å²) >= 11 is 0. The van der Waals surface area contributed by atoms with E-state index in [4.69, 9.17) is 4.43 Å². The Morgan fingerprint density at radius 3 is 2.47 bits per heavy atom. The smallest absolute Gasteiger partial charge is 0.412 e. The van der Waals surface area contributed by atoms with Crippen LogP contribution in [-0.4, -0.2) is 45.2 Å². The molecule has 0 bridgehead atoms. The first-order valence-corrected chi connectivity index (χ1v) is 18.8. The topological polar surface area (TPSA) is 80.7 Å². The monoisotopic (exact) mass is 664 g/mol. The number of H-pyrrole nitrogens is 1. The maximum absolute atomic E-state index is 14.4. The largest absolute Gasteiger partial charge is 0.418 e. The van der Waals surface area contributed by atoms with Gasteiger partial charge in [-0.05, 0) is 84.4 Å². The molecule has 0 spiro atoms. The van der Waals surface area contributed by atoms with Gasteiger partial charge < -0.3 is 19.3 Å². The molecule has 1 aliphatic carbocycles. The summed E-state index contributed by atoms with van der Waals surface area (Å²) in [7, 11) is -0.225. The van der Waals surface area contributed by atoms with Crippen molar-refractivity contribution in [3.05, 3.63) is 77.9 Å². The lowest BCUT2D eigenvalue weighted by Crippen LogP contribution is -2.48. The van der Waals surface area contributed by atoms with Crippen molar-refractivity contribution in [1.82, 2.24) is 30.0 Å². The quantitative estimate of drug-likeness (QED) is 0.128. The second-order valence-electron chi connectivity index (χ2n) is 14.0. The van der Waals surface area contributed by atoms with Crippen LogP contribution in [0.2, 0.25) is 18.1 Å². The van der Waals surface area contributed by atoms with Crippen molar-refractivity contribution in [3.8, 4) is 33.9 Å². The molecule has 3 aromatic carbocycles. The fraction of sp³-hybridized carbons (Fsp3) is 0.400. The van der Waals surface area contributed by atoms with Gasteiger partial charge in [-0.25, -0.2) is 9.37 Å². The molecule has 7 nitrogen and oxygen atoms in total. The van der Waals surface area contributed by atoms with Gasteiger partial charge in [-0.3, -0.25) is 0 Å². The van der Waals surface area contributed by atoms with Crippen LogP contribution in [-0.2, 0) is 24.2 Å². The van der Waals surface area contributed by atoms with Crippen molar-refractivity contribution in [3.63, 3.8) is 0 Å². The van der Waals surface area contributed by atoms with Crippen molar-refractivity contribution in [2.45, 2.75) is 83.0 Å². The van der Waals surface area contributed by atoms with Crippen LogP contribution < -0.4 is 5.32 Å². The van der Waals surface area contributed by atoms with Gasteiger partial charge in [-0.2, -0.15) is 13.2 Å². The van der Waals surface area contributed by atoms with E-state index in [0.717, 1.165) is 24.8 Å². The highest BCUT2D eigenvalue weighted by molar-refractivity contribution is 6.74. The number of hydrogen-bond acceptors (Lipinski definition) is 5. The van der Waals surface area contributed by atoms with Gasteiger partial charge in [0, 0.05) is 30.8 Å². The Balaban J connectivity index is 1.31. The average Bonchev–Trinajstić information content (AvgIpc) is 3.74. The molecule has 1 fully saturated rings. The molecule has 2 atom stereocenters. The van der Waals surface area contributed by atoms with Gasteiger partial charge in [-0.15, -0.1) is 10.2 Å². The van der Waals surface area contributed by atoms with Crippen LogP contribution in [0.4, 0.5) is 17.6 Å². The highest BCUT2D eigenvalue weighted by Gasteiger charge is 2.42. The molecule has 1 aliphatic rings. The standard InChI is InChI=1S/C35H40F4N6OSi/c1-34(2,3)47(5,6)46-30-12-8-11-28(30)40-19-21-15-27(35(37,38)39)31-29(16-21)42-32(43-31)23-10-7-9-22(17-23)25-14-13-24(36)18-26(25)33-44-41-20-45(33)4/h7,9-10,13-18,20,28,30,40H,8,11-12,19H2,1-6H3,(H,42,43)/t28-,30+/m1/s1. The number of nitrogens with zero attached hydrogens (tertiary/aromatic N) is 4. The van der Waals surface area contributed by atoms with Crippen LogP contribution in [0.1, 0.15) is 51.2 Å². The van der Waals surface area contributed by atoms with E-state index in [-0.39, 0.29) is 34.8 Å². The number of nitrogens with one attached hydrogen (secondary N) is 2. The van der Waals surface area contributed by atoms with Gasteiger partial charge in [0.05, 0.1) is 22.7 Å². The Morgan fingerprint density at radius 2 is 1.77 bits per heavy atom. The number of aromatic nitrogens is 5. The normalized spacial score (nSPS) is 17.6. The van der Waals surface area contributed by atoms with Gasteiger partial charge in [0.25, 0.3) is 0 Å². The van der Waals surface area contributed by atoms with Crippen LogP contribution in [0.15, 0.2) is 60.9 Å². The highest BCUT2D eigenvalue weighted by Crippen LogP contribution is 2.40. The van der Waals surface area contributed by atoms with Crippen LogP contribution in [0, 0.1) is 5.82 Å². The summed E-state index contributed by atoms with van der Waals surface area (Å²) in [6, 6.07) is 14.7. The van der Waals surface area contributed by atoms with E-state index in [1.54, 1.807) is 35.9 Å². The molecular weight excluding hydrogens is 625 g/mol. The lowest BCUT2D eigenvalue weighted by Gasteiger charge is -2.40. The minimum absolute atomic E-state index is 0.0428. The summed E-state index contributed by atoms with van der Waals surface area (Å²) < 4.78 is 65.9. The van der Waals surface area contributed by atoms with E-state index in [1.165, 1.54) is 24.5 Å². The SMILES string of the molecule is Cn1cnnc1-c1cc(F)ccc1-c1cccc(-c2nc3cc(CN[C@@H]4CCC[C@@H]4O[Si](C)(C)C(C)(C)C)cc(C(F)(F)F)c3[nH]2)c1. The zero-order valence-corrected chi connectivity index (χ0v) is 28.5. The Hall–Kier alpha value is -3.87. The van der Waals surface area contributed by atoms with Crippen molar-refractivity contribution in [1.29, 1.82) is 0 Å². The number of alkyl halides is 3. The molecule has 0 radical (unpaired) electrons. The fourth-order valence-electron chi connectivity index (χ4n) is 6.05. The second-order valence-corrected chi connectivity index (χ2v) is 18.7. The average molecular weight is 665 g/mol. The molecule has 0 aliphatic heterocycles. The van der Waals surface area contributed by atoms with Crippen molar-refractivity contribution < 1.29 is 22.0 Å². The zero-order chi connectivity index (χ0) is 33.7. The van der Waals surface area contributed by atoms with E-state index in [1.807, 2.05) is 12.1 Å². The Kier molecular flexibility index (Phi) is 8.64. The summed E-state index contributed by atoms with van der Waals surface area (Å²) in [4.78, 5) is 7.58. The number of fused-ring (bicyclic) bond motifs is 1. The molecule has 2 N–H and O–H groups in total. The minimum atomic E-state index is -4.58. The minimum Gasteiger partial charge on any atom is -0.412 e. The third-order valence-electron chi connectivity index (χ3n) is 9.61. The van der Waals surface area contributed by atoms with Gasteiger partial charge in [0.15, 0.2) is 14.1 Å². The van der Waals surface area contributed by atoms with Gasteiger partial charge >= 0.3 is 6.18 Å². The lowest BCUT2D eigenvalue weighted by molar-refractivity contribution is -0.136. The molecular formula is C35H40F4N6OSi. The number of hydrogen-bond donors (Lipinski definition) is 2. The lowest BCUT2D eigenvalue weighted by atomic mass is 9.97. The molecule has 248 valence electrons. The second kappa shape index (κ2) is 12.3. The third kappa shape index (κ3) is 6.77. The summed E-state index contributed by atoms with van der Waals surface area (Å²) in [5.41, 5.74) is 2.49. The van der Waals surface area contributed by atoms with E-state index in [9.17, 15) is 17.6 Å². The molecule has 47 heavy (non-hydrogen) atoms. The Labute approximate surface area is 272 Å². The Bertz CT molecular complexity index is 1910. The fourth-order valence-corrected chi connectivity index (χ4v) is 7.45. The molecule has 0 unspecified atom stereocenters. The number of aryl methyl sites for hydroxylation is 1. The van der Waals surface area contributed by atoms with Gasteiger partial charge in [0.2, 0.25) is 0 Å². The van der Waals surface area contributed by atoms with E-state index in [2.05, 4.69) is 59.3 Å². The van der Waals surface area contributed by atoms with Crippen molar-refractivity contribution in [2.24, 2.45) is 7.05 Å². The van der Waals surface area contributed by atoms with E-state index in [0.29, 0.717) is 33.9 Å². The van der Waals surface area contributed by atoms with Crippen LogP contribution in [0.3, 0.4) is 0 Å². The predicted octanol–water partition coefficient (Wildman–Crippen LogP) is 8.88. The Morgan fingerprint density at radius 1 is 1.00 bits per heavy atom. The number of aromatic amines is 1. The highest BCUT2D eigenvalue weighted by atomic mass is 28.4. The summed E-state index contributed by atoms with van der Waals surface area (Å²) in [5.74, 6) is 0.371. The molecule has 2 heterocycles. The van der Waals surface area contributed by atoms with E-state index >= 15 is 0 Å². The molecule has 5 aromatic rings. The first kappa shape index (κ1) is 33.0. The van der Waals surface area contributed by atoms with Gasteiger partial charge in [0.1, 0.15) is 18.0 Å². The first-order chi connectivity index (χ1) is 22.1. The number of imidazole rings is 1. The molecule has 1 saturated carbocycles. The van der Waals surface area contributed by atoms with Crippen LogP contribution in [0.5, 0.6) is 0 Å². The van der Waals surface area contributed by atoms with Gasteiger partial charge in [-0.1, -0.05) is 45.0 Å². The maximum Gasteiger partial charge on any atom is 0.418 e. The summed E-state index contributed by atoms with van der Waals surface area (Å²) in [6.07, 6.45) is -0.128. The summed E-state index contributed by atoms with van der Waals surface area (Å²) in [6.45, 7) is 11.4. The zero-order valence-electron chi connectivity index (χ0n) is 27.5. The molecule has 0 amide bonds. The number of benzene rings is 3. The summed E-state index contributed by atoms with van der Waals surface area (Å²) in [5, 5.41) is 11.6. The number of halogens is 4. The first-order valence-electron chi connectivity index (χ1n) is 15.9. The van der Waals surface area contributed by atoms with Crippen LogP contribution >= 0.6 is 0 Å². The molecule has 0 saturated heterocycles. The van der Waals surface area contributed by atoms with Crippen LogP contribution in [0.25, 0.3) is 44.9 Å². The number of rotatable bonds is 8. The third-order valence-corrected chi connectivity index (χ3v) is 14.1.